The monoisotopic (exact) mass is 350 g/mol. The zero-order chi connectivity index (χ0) is 17.0. The standard InChI is InChI=1S/C17H22N2O2S2/c1-12(15(20)19-17(2,3)4)23(21)11-14-10-22-16(18-14)13-8-6-5-7-9-13/h5-10,12H,11H2,1-4H3,(H,19,20)/t12-,23+/m0/s1. The van der Waals surface area contributed by atoms with Crippen LogP contribution >= 0.6 is 11.3 Å². The van der Waals surface area contributed by atoms with E-state index in [9.17, 15) is 9.00 Å². The number of nitrogens with zero attached hydrogens (tertiary/aromatic N) is 1. The lowest BCUT2D eigenvalue weighted by atomic mass is 10.1. The molecule has 0 aliphatic heterocycles. The Morgan fingerprint density at radius 1 is 1.30 bits per heavy atom. The molecular weight excluding hydrogens is 328 g/mol. The third kappa shape index (κ3) is 5.25. The average molecular weight is 351 g/mol. The maximum absolute atomic E-state index is 12.4. The molecule has 6 heteroatoms. The predicted octanol–water partition coefficient (Wildman–Crippen LogP) is 3.36. The molecule has 124 valence electrons. The summed E-state index contributed by atoms with van der Waals surface area (Å²) in [6.07, 6.45) is 0. The minimum absolute atomic E-state index is 0.186. The SMILES string of the molecule is C[C@@H](C(=O)NC(C)(C)C)[S@](=O)Cc1csc(-c2ccccc2)n1. The summed E-state index contributed by atoms with van der Waals surface area (Å²) in [5, 5.41) is 5.13. The molecule has 0 aliphatic rings. The van der Waals surface area contributed by atoms with Crippen LogP contribution < -0.4 is 5.32 Å². The van der Waals surface area contributed by atoms with E-state index in [4.69, 9.17) is 0 Å². The predicted molar refractivity (Wildman–Crippen MR) is 96.8 cm³/mol. The minimum atomic E-state index is -1.29. The minimum Gasteiger partial charge on any atom is -0.350 e. The number of thiazole rings is 1. The number of hydrogen-bond donors (Lipinski definition) is 1. The highest BCUT2D eigenvalue weighted by Gasteiger charge is 2.24. The number of hydrogen-bond acceptors (Lipinski definition) is 4. The van der Waals surface area contributed by atoms with Crippen LogP contribution in [0.1, 0.15) is 33.4 Å². The van der Waals surface area contributed by atoms with Crippen molar-refractivity contribution in [1.29, 1.82) is 0 Å². The fourth-order valence-electron chi connectivity index (χ4n) is 1.95. The second-order valence-electron chi connectivity index (χ2n) is 6.42. The average Bonchev–Trinajstić information content (AvgIpc) is 2.94. The highest BCUT2D eigenvalue weighted by atomic mass is 32.2. The lowest BCUT2D eigenvalue weighted by Crippen LogP contribution is -2.46. The van der Waals surface area contributed by atoms with Crippen molar-refractivity contribution in [2.75, 3.05) is 0 Å². The van der Waals surface area contributed by atoms with Crippen molar-refractivity contribution >= 4 is 28.0 Å². The molecule has 23 heavy (non-hydrogen) atoms. The van der Waals surface area contributed by atoms with Crippen LogP contribution in [0, 0.1) is 0 Å². The highest BCUT2D eigenvalue weighted by Crippen LogP contribution is 2.24. The molecule has 1 aromatic heterocycles. The number of benzene rings is 1. The molecule has 2 rings (SSSR count). The first-order chi connectivity index (χ1) is 10.8. The van der Waals surface area contributed by atoms with Crippen LogP contribution in [0.5, 0.6) is 0 Å². The van der Waals surface area contributed by atoms with Crippen LogP contribution in [-0.2, 0) is 21.3 Å². The first kappa shape index (κ1) is 17.8. The van der Waals surface area contributed by atoms with Crippen LogP contribution in [0.2, 0.25) is 0 Å². The van der Waals surface area contributed by atoms with Crippen molar-refractivity contribution in [1.82, 2.24) is 10.3 Å². The van der Waals surface area contributed by atoms with Crippen LogP contribution in [0.3, 0.4) is 0 Å². The molecule has 2 atom stereocenters. The van der Waals surface area contributed by atoms with Gasteiger partial charge in [-0.15, -0.1) is 11.3 Å². The van der Waals surface area contributed by atoms with Gasteiger partial charge in [-0.05, 0) is 27.7 Å². The normalized spacial score (nSPS) is 14.3. The summed E-state index contributed by atoms with van der Waals surface area (Å²) >= 11 is 1.53. The largest absolute Gasteiger partial charge is 0.350 e. The summed E-state index contributed by atoms with van der Waals surface area (Å²) in [5.41, 5.74) is 1.49. The number of rotatable bonds is 5. The maximum Gasteiger partial charge on any atom is 0.235 e. The van der Waals surface area contributed by atoms with Gasteiger partial charge in [-0.1, -0.05) is 30.3 Å². The van der Waals surface area contributed by atoms with E-state index >= 15 is 0 Å². The van der Waals surface area contributed by atoms with Crippen molar-refractivity contribution in [3.63, 3.8) is 0 Å². The van der Waals surface area contributed by atoms with E-state index in [0.717, 1.165) is 16.3 Å². The molecule has 0 bridgehead atoms. The third-order valence-electron chi connectivity index (χ3n) is 3.12. The number of nitrogens with one attached hydrogen (secondary N) is 1. The zero-order valence-corrected chi connectivity index (χ0v) is 15.5. The van der Waals surface area contributed by atoms with E-state index in [0.29, 0.717) is 5.75 Å². The summed E-state index contributed by atoms with van der Waals surface area (Å²) in [4.78, 5) is 16.6. The number of carbonyl (C=O) groups is 1. The molecule has 2 aromatic rings. The zero-order valence-electron chi connectivity index (χ0n) is 13.8. The smallest absolute Gasteiger partial charge is 0.235 e. The van der Waals surface area contributed by atoms with Crippen LogP contribution in [0.15, 0.2) is 35.7 Å². The van der Waals surface area contributed by atoms with Gasteiger partial charge in [-0.2, -0.15) is 0 Å². The van der Waals surface area contributed by atoms with Gasteiger partial charge in [-0.3, -0.25) is 9.00 Å². The van der Waals surface area contributed by atoms with Gasteiger partial charge < -0.3 is 5.32 Å². The summed E-state index contributed by atoms with van der Waals surface area (Å²) in [5.74, 6) is 0.108. The van der Waals surface area contributed by atoms with Gasteiger partial charge in [0.25, 0.3) is 0 Å². The van der Waals surface area contributed by atoms with Crippen molar-refractivity contribution in [2.45, 2.75) is 44.2 Å². The maximum atomic E-state index is 12.4. The summed E-state index contributed by atoms with van der Waals surface area (Å²) in [6, 6.07) is 9.89. The van der Waals surface area contributed by atoms with Gasteiger partial charge in [0.1, 0.15) is 10.3 Å². The fourth-order valence-corrected chi connectivity index (χ4v) is 3.87. The van der Waals surface area contributed by atoms with Gasteiger partial charge in [0.2, 0.25) is 5.91 Å². The molecule has 0 saturated carbocycles. The second kappa shape index (κ2) is 7.36. The fraction of sp³-hybridized carbons (Fsp3) is 0.412. The molecule has 0 saturated heterocycles. The molecular formula is C17H22N2O2S2. The lowest BCUT2D eigenvalue weighted by molar-refractivity contribution is -0.121. The Balaban J connectivity index is 2.01. The van der Waals surface area contributed by atoms with E-state index in [-0.39, 0.29) is 11.4 Å². The topological polar surface area (TPSA) is 59.1 Å². The lowest BCUT2D eigenvalue weighted by Gasteiger charge is -2.22. The Morgan fingerprint density at radius 3 is 2.57 bits per heavy atom. The van der Waals surface area contributed by atoms with Gasteiger partial charge in [-0.25, -0.2) is 4.98 Å². The molecule has 1 aromatic carbocycles. The van der Waals surface area contributed by atoms with Crippen LogP contribution in [0.25, 0.3) is 10.6 Å². The molecule has 0 fully saturated rings. The molecule has 1 N–H and O–H groups in total. The van der Waals surface area contributed by atoms with Crippen molar-refractivity contribution in [2.24, 2.45) is 0 Å². The van der Waals surface area contributed by atoms with Gasteiger partial charge >= 0.3 is 0 Å². The van der Waals surface area contributed by atoms with E-state index in [2.05, 4.69) is 10.3 Å². The van der Waals surface area contributed by atoms with Crippen molar-refractivity contribution in [3.8, 4) is 10.6 Å². The van der Waals surface area contributed by atoms with Gasteiger partial charge in [0.15, 0.2) is 0 Å². The van der Waals surface area contributed by atoms with Gasteiger partial charge in [0.05, 0.1) is 11.4 Å². The van der Waals surface area contributed by atoms with E-state index in [1.54, 1.807) is 6.92 Å². The molecule has 1 amide bonds. The molecule has 1 heterocycles. The van der Waals surface area contributed by atoms with Crippen molar-refractivity contribution < 1.29 is 9.00 Å². The Bertz CT molecular complexity index is 690. The number of aromatic nitrogens is 1. The first-order valence-electron chi connectivity index (χ1n) is 7.45. The Kier molecular flexibility index (Phi) is 5.70. The summed E-state index contributed by atoms with van der Waals surface area (Å²) in [7, 11) is -1.29. The molecule has 0 spiro atoms. The molecule has 0 aliphatic carbocycles. The summed E-state index contributed by atoms with van der Waals surface area (Å²) in [6.45, 7) is 7.43. The molecule has 0 unspecified atom stereocenters. The quantitative estimate of drug-likeness (QED) is 0.899. The van der Waals surface area contributed by atoms with E-state index < -0.39 is 16.0 Å². The van der Waals surface area contributed by atoms with Crippen LogP contribution in [0.4, 0.5) is 0 Å². The summed E-state index contributed by atoms with van der Waals surface area (Å²) < 4.78 is 12.4. The Morgan fingerprint density at radius 2 is 1.96 bits per heavy atom. The molecule has 0 radical (unpaired) electrons. The molecule has 4 nitrogen and oxygen atoms in total. The number of amides is 1. The van der Waals surface area contributed by atoms with E-state index in [1.807, 2.05) is 56.5 Å². The number of carbonyl (C=O) groups excluding carboxylic acids is 1. The Hall–Kier alpha value is -1.53. The highest BCUT2D eigenvalue weighted by molar-refractivity contribution is 7.85. The van der Waals surface area contributed by atoms with Gasteiger partial charge in [0, 0.05) is 27.3 Å². The second-order valence-corrected chi connectivity index (χ2v) is 9.03. The van der Waals surface area contributed by atoms with Crippen molar-refractivity contribution in [3.05, 3.63) is 41.4 Å². The van der Waals surface area contributed by atoms with E-state index in [1.165, 1.54) is 11.3 Å². The third-order valence-corrected chi connectivity index (χ3v) is 5.65. The Labute approximate surface area is 143 Å². The van der Waals surface area contributed by atoms with Crippen LogP contribution in [-0.4, -0.2) is 25.9 Å². The first-order valence-corrected chi connectivity index (χ1v) is 9.71.